The summed E-state index contributed by atoms with van der Waals surface area (Å²) in [6.07, 6.45) is 54.3. The topological polar surface area (TPSA) is 95.9 Å². The highest BCUT2D eigenvalue weighted by atomic mass is 16.5. The molecule has 0 saturated heterocycles. The normalized spacial score (nSPS) is 13.8. The summed E-state index contributed by atoms with van der Waals surface area (Å²) in [5.74, 6) is -0.573. The lowest BCUT2D eigenvalue weighted by Crippen LogP contribution is -2.46. The van der Waals surface area contributed by atoms with E-state index in [1.807, 2.05) is 0 Å². The van der Waals surface area contributed by atoms with Crippen molar-refractivity contribution in [2.24, 2.45) is 0 Å². The number of aliphatic hydroxyl groups excluding tert-OH is 2. The molecule has 0 aromatic carbocycles. The average Bonchev–Trinajstić information content (AvgIpc) is 3.20. The van der Waals surface area contributed by atoms with Crippen LogP contribution in [0.3, 0.4) is 0 Å². The van der Waals surface area contributed by atoms with Gasteiger partial charge in [-0.15, -0.1) is 0 Å². The number of carbonyl (C=O) groups excluding carboxylic acids is 2. The van der Waals surface area contributed by atoms with Crippen molar-refractivity contribution in [3.63, 3.8) is 0 Å². The van der Waals surface area contributed by atoms with Crippen LogP contribution >= 0.6 is 0 Å². The van der Waals surface area contributed by atoms with Gasteiger partial charge in [-0.05, 0) is 83.5 Å². The van der Waals surface area contributed by atoms with Crippen LogP contribution in [0.5, 0.6) is 0 Å². The minimum atomic E-state index is -0.802. The summed E-state index contributed by atoms with van der Waals surface area (Å²) >= 11 is 0. The van der Waals surface area contributed by atoms with Crippen molar-refractivity contribution in [1.29, 1.82) is 0 Å². The van der Waals surface area contributed by atoms with Gasteiger partial charge in [-0.3, -0.25) is 9.59 Å². The zero-order chi connectivity index (χ0) is 41.7. The number of amides is 1. The molecule has 6 heteroatoms. The van der Waals surface area contributed by atoms with Crippen LogP contribution in [0, 0.1) is 0 Å². The maximum Gasteiger partial charge on any atom is 0.306 e. The van der Waals surface area contributed by atoms with Crippen LogP contribution in [-0.4, -0.2) is 46.9 Å². The van der Waals surface area contributed by atoms with Gasteiger partial charge < -0.3 is 20.3 Å². The fourth-order valence-corrected chi connectivity index (χ4v) is 6.89. The molecule has 0 heterocycles. The van der Waals surface area contributed by atoms with Gasteiger partial charge in [0.2, 0.25) is 5.91 Å². The molecule has 0 bridgehead atoms. The SMILES string of the molecule is CCCCC/C=C\C/C=C\C/C=C\C/C=C\CCCC(=O)OC(CCC/C=C\CCCCCCCCC)CC(=O)NC(CO)C(O)CCCCCCCCCCC. The third-order valence-electron chi connectivity index (χ3n) is 10.6. The molecule has 0 radical (unpaired) electrons. The molecule has 0 aliphatic heterocycles. The number of hydrogen-bond acceptors (Lipinski definition) is 5. The van der Waals surface area contributed by atoms with Crippen molar-refractivity contribution < 1.29 is 24.5 Å². The molecule has 330 valence electrons. The van der Waals surface area contributed by atoms with E-state index < -0.39 is 18.2 Å². The number of unbranched alkanes of at least 4 members (excludes halogenated alkanes) is 20. The molecule has 0 aromatic heterocycles. The Labute approximate surface area is 352 Å². The first kappa shape index (κ1) is 54.6. The van der Waals surface area contributed by atoms with E-state index in [2.05, 4.69) is 86.8 Å². The third-order valence-corrected chi connectivity index (χ3v) is 10.6. The van der Waals surface area contributed by atoms with Crippen molar-refractivity contribution in [2.75, 3.05) is 6.61 Å². The molecular formula is C51H91NO5. The highest BCUT2D eigenvalue weighted by Gasteiger charge is 2.24. The molecule has 0 spiro atoms. The molecule has 0 saturated carbocycles. The first-order chi connectivity index (χ1) is 28.0. The summed E-state index contributed by atoms with van der Waals surface area (Å²) in [7, 11) is 0. The first-order valence-electron chi connectivity index (χ1n) is 24.0. The number of rotatable bonds is 42. The van der Waals surface area contributed by atoms with E-state index in [0.29, 0.717) is 25.7 Å². The molecule has 57 heavy (non-hydrogen) atoms. The number of aliphatic hydroxyl groups is 2. The molecule has 0 rings (SSSR count). The van der Waals surface area contributed by atoms with Crippen molar-refractivity contribution in [1.82, 2.24) is 5.32 Å². The Morgan fingerprint density at radius 2 is 0.912 bits per heavy atom. The van der Waals surface area contributed by atoms with E-state index >= 15 is 0 Å². The van der Waals surface area contributed by atoms with Gasteiger partial charge in [0.1, 0.15) is 6.10 Å². The van der Waals surface area contributed by atoms with Crippen molar-refractivity contribution in [2.45, 2.75) is 244 Å². The predicted octanol–water partition coefficient (Wildman–Crippen LogP) is 14.1. The van der Waals surface area contributed by atoms with Crippen molar-refractivity contribution in [3.8, 4) is 0 Å². The summed E-state index contributed by atoms with van der Waals surface area (Å²) in [5, 5.41) is 23.6. The highest BCUT2D eigenvalue weighted by Crippen LogP contribution is 2.16. The Morgan fingerprint density at radius 3 is 1.44 bits per heavy atom. The lowest BCUT2D eigenvalue weighted by molar-refractivity contribution is -0.151. The standard InChI is InChI=1S/C51H91NO5/c1-4-7-10-13-16-19-21-23-24-25-26-27-29-32-35-38-41-44-51(56)57-47(42-39-36-33-31-28-22-20-17-14-11-8-5-2)45-50(55)52-48(46-53)49(54)43-40-37-34-30-18-15-12-9-6-3/h16,19,23-24,26-27,31-33,35,47-49,53-54H,4-15,17-18,20-22,25,28-30,34,36-46H2,1-3H3,(H,52,55)/b19-16-,24-23-,27-26-,33-31-,35-32-. The number of allylic oxidation sites excluding steroid dienone is 10. The Bertz CT molecular complexity index is 1030. The van der Waals surface area contributed by atoms with Gasteiger partial charge in [0.05, 0.1) is 25.2 Å². The highest BCUT2D eigenvalue weighted by molar-refractivity contribution is 5.77. The van der Waals surface area contributed by atoms with Gasteiger partial charge in [-0.25, -0.2) is 0 Å². The molecule has 3 unspecified atom stereocenters. The van der Waals surface area contributed by atoms with Crippen LogP contribution in [-0.2, 0) is 14.3 Å². The number of nitrogens with one attached hydrogen (secondary N) is 1. The molecule has 0 aromatic rings. The lowest BCUT2D eigenvalue weighted by Gasteiger charge is -2.24. The largest absolute Gasteiger partial charge is 0.462 e. The molecule has 0 aliphatic rings. The van der Waals surface area contributed by atoms with Crippen LogP contribution in [0.1, 0.15) is 226 Å². The summed E-state index contributed by atoms with van der Waals surface area (Å²) in [6, 6.07) is -0.720. The molecule has 0 aliphatic carbocycles. The van der Waals surface area contributed by atoms with Crippen LogP contribution < -0.4 is 5.32 Å². The lowest BCUT2D eigenvalue weighted by atomic mass is 10.0. The Morgan fingerprint density at radius 1 is 0.509 bits per heavy atom. The quantitative estimate of drug-likeness (QED) is 0.0325. The summed E-state index contributed by atoms with van der Waals surface area (Å²) in [6.45, 7) is 6.40. The van der Waals surface area contributed by atoms with Crippen LogP contribution in [0.4, 0.5) is 0 Å². The number of hydrogen-bond donors (Lipinski definition) is 3. The zero-order valence-corrected chi connectivity index (χ0v) is 37.5. The fourth-order valence-electron chi connectivity index (χ4n) is 6.89. The first-order valence-corrected chi connectivity index (χ1v) is 24.0. The van der Waals surface area contributed by atoms with Crippen molar-refractivity contribution >= 4 is 11.9 Å². The van der Waals surface area contributed by atoms with Gasteiger partial charge >= 0.3 is 5.97 Å². The van der Waals surface area contributed by atoms with Gasteiger partial charge in [-0.1, -0.05) is 191 Å². The van der Waals surface area contributed by atoms with E-state index in [4.69, 9.17) is 4.74 Å². The van der Waals surface area contributed by atoms with E-state index in [1.54, 1.807) is 0 Å². The minimum Gasteiger partial charge on any atom is -0.462 e. The van der Waals surface area contributed by atoms with E-state index in [1.165, 1.54) is 109 Å². The van der Waals surface area contributed by atoms with Gasteiger partial charge in [0, 0.05) is 6.42 Å². The Hall–Kier alpha value is -2.44. The molecule has 6 nitrogen and oxygen atoms in total. The maximum atomic E-state index is 13.1. The van der Waals surface area contributed by atoms with Gasteiger partial charge in [0.25, 0.3) is 0 Å². The molecule has 3 N–H and O–H groups in total. The van der Waals surface area contributed by atoms with E-state index in [9.17, 15) is 19.8 Å². The van der Waals surface area contributed by atoms with Gasteiger partial charge in [-0.2, -0.15) is 0 Å². The van der Waals surface area contributed by atoms with Crippen LogP contribution in [0.25, 0.3) is 0 Å². The van der Waals surface area contributed by atoms with Crippen LogP contribution in [0.15, 0.2) is 60.8 Å². The van der Waals surface area contributed by atoms with Crippen molar-refractivity contribution in [3.05, 3.63) is 60.8 Å². The second-order valence-corrected chi connectivity index (χ2v) is 16.2. The monoisotopic (exact) mass is 798 g/mol. The Balaban J connectivity index is 4.70. The molecule has 3 atom stereocenters. The summed E-state index contributed by atoms with van der Waals surface area (Å²) < 4.78 is 5.86. The second kappa shape index (κ2) is 44.7. The number of carbonyl (C=O) groups is 2. The summed E-state index contributed by atoms with van der Waals surface area (Å²) in [4.78, 5) is 26.0. The van der Waals surface area contributed by atoms with E-state index in [-0.39, 0.29) is 24.9 Å². The summed E-state index contributed by atoms with van der Waals surface area (Å²) in [5.41, 5.74) is 0. The smallest absolute Gasteiger partial charge is 0.306 e. The maximum absolute atomic E-state index is 13.1. The van der Waals surface area contributed by atoms with Gasteiger partial charge in [0.15, 0.2) is 0 Å². The van der Waals surface area contributed by atoms with E-state index in [0.717, 1.165) is 64.2 Å². The predicted molar refractivity (Wildman–Crippen MR) is 245 cm³/mol. The Kier molecular flexibility index (Phi) is 42.7. The number of ether oxygens (including phenoxy) is 1. The minimum absolute atomic E-state index is 0.0336. The molecule has 1 amide bonds. The average molecular weight is 798 g/mol. The third kappa shape index (κ3) is 40.1. The second-order valence-electron chi connectivity index (χ2n) is 16.2. The van der Waals surface area contributed by atoms with Crippen LogP contribution in [0.2, 0.25) is 0 Å². The zero-order valence-electron chi connectivity index (χ0n) is 37.5. The number of esters is 1. The molecular weight excluding hydrogens is 707 g/mol. The fraction of sp³-hybridized carbons (Fsp3) is 0.765. The molecule has 0 fully saturated rings.